The average Bonchev–Trinajstić information content (AvgIpc) is 3.13. The predicted molar refractivity (Wildman–Crippen MR) is 141 cm³/mol. The van der Waals surface area contributed by atoms with Crippen LogP contribution >= 0.6 is 0 Å². The van der Waals surface area contributed by atoms with Crippen molar-refractivity contribution in [1.29, 1.82) is 0 Å². The number of nitrogens with zero attached hydrogens (tertiary/aromatic N) is 4. The lowest BCUT2D eigenvalue weighted by Crippen LogP contribution is -2.43. The Labute approximate surface area is 209 Å². The Morgan fingerprint density at radius 3 is 2.17 bits per heavy atom. The molecule has 1 aliphatic rings. The number of cyclic esters (lactones) is 1. The van der Waals surface area contributed by atoms with Gasteiger partial charge in [-0.2, -0.15) is 4.98 Å². The predicted octanol–water partition coefficient (Wildman–Crippen LogP) is 4.98. The lowest BCUT2D eigenvalue weighted by atomic mass is 10.0. The van der Waals surface area contributed by atoms with Gasteiger partial charge in [0.15, 0.2) is 5.65 Å². The minimum atomic E-state index is -3.64. The first kappa shape index (κ1) is 27.1. The van der Waals surface area contributed by atoms with E-state index >= 15 is 0 Å². The van der Waals surface area contributed by atoms with Crippen molar-refractivity contribution in [3.05, 3.63) is 17.8 Å². The molecule has 0 unspecified atom stereocenters. The van der Waals surface area contributed by atoms with Gasteiger partial charge in [0.25, 0.3) is 0 Å². The Morgan fingerprint density at radius 1 is 1.06 bits per heavy atom. The number of carbonyl (C=O) groups is 1. The summed E-state index contributed by atoms with van der Waals surface area (Å²) in [4.78, 5) is 27.1. The van der Waals surface area contributed by atoms with E-state index in [0.29, 0.717) is 33.4 Å². The summed E-state index contributed by atoms with van der Waals surface area (Å²) >= 11 is 0. The highest BCUT2D eigenvalue weighted by Gasteiger charge is 2.42. The Morgan fingerprint density at radius 2 is 1.66 bits per heavy atom. The molecule has 3 heterocycles. The number of rotatable bonds is 6. The molecule has 1 aliphatic heterocycles. The smallest absolute Gasteiger partial charge is 0.415 e. The van der Waals surface area contributed by atoms with Crippen LogP contribution in [0.4, 0.5) is 10.6 Å². The zero-order chi connectivity index (χ0) is 26.3. The van der Waals surface area contributed by atoms with Gasteiger partial charge in [-0.15, -0.1) is 5.54 Å². The van der Waals surface area contributed by atoms with Crippen LogP contribution in [0.1, 0.15) is 61.0 Å². The largest absolute Gasteiger partial charge is 0.447 e. The maximum absolute atomic E-state index is 12.7. The summed E-state index contributed by atoms with van der Waals surface area (Å²) in [6.07, 6.45) is 2.03. The Kier molecular flexibility index (Phi) is 7.63. The monoisotopic (exact) mass is 516 g/mol. The number of hydrogen-bond acceptors (Lipinski definition) is 7. The summed E-state index contributed by atoms with van der Waals surface area (Å²) in [6.45, 7) is 17.7. The van der Waals surface area contributed by atoms with Gasteiger partial charge < -0.3 is 4.74 Å². The molecule has 2 aromatic heterocycles. The molecule has 8 nitrogen and oxygen atoms in total. The van der Waals surface area contributed by atoms with E-state index in [0.717, 1.165) is 6.26 Å². The van der Waals surface area contributed by atoms with Crippen LogP contribution in [-0.4, -0.2) is 56.4 Å². The molecule has 10 heteroatoms. The van der Waals surface area contributed by atoms with E-state index in [1.807, 2.05) is 13.8 Å². The molecule has 2 aromatic rings. The van der Waals surface area contributed by atoms with Crippen LogP contribution in [0.25, 0.3) is 11.0 Å². The van der Waals surface area contributed by atoms with Gasteiger partial charge in [-0.1, -0.05) is 61.3 Å². The number of amides is 1. The first-order chi connectivity index (χ1) is 16.2. The molecule has 35 heavy (non-hydrogen) atoms. The second-order valence-corrected chi connectivity index (χ2v) is 18.1. The maximum atomic E-state index is 12.7. The minimum absolute atomic E-state index is 0.133. The molecule has 0 spiro atoms. The molecule has 3 rings (SSSR count). The topological polar surface area (TPSA) is 102 Å². The number of pyridine rings is 1. The van der Waals surface area contributed by atoms with E-state index in [2.05, 4.69) is 68.0 Å². The van der Waals surface area contributed by atoms with E-state index in [1.165, 1.54) is 11.1 Å². The van der Waals surface area contributed by atoms with Gasteiger partial charge in [0.2, 0.25) is 15.0 Å². The zero-order valence-corrected chi connectivity index (χ0v) is 23.9. The molecule has 0 radical (unpaired) electrons. The van der Waals surface area contributed by atoms with Crippen LogP contribution in [-0.2, 0) is 14.6 Å². The summed E-state index contributed by atoms with van der Waals surface area (Å²) in [5, 5.41) is 0.245. The number of anilines is 1. The van der Waals surface area contributed by atoms with E-state index in [-0.39, 0.29) is 29.4 Å². The highest BCUT2D eigenvalue weighted by Crippen LogP contribution is 2.41. The molecule has 1 atom stereocenters. The molecule has 0 saturated carbocycles. The SMILES string of the molecule is CC(C)[C@H]1COC(=O)N1c1cc(C#C[Si](C(C)C)(C(C)C)C(C)C)c2cnc(S(C)(=O)=O)nc2n1. The molecule has 190 valence electrons. The number of carbonyl (C=O) groups excluding carboxylic acids is 1. The van der Waals surface area contributed by atoms with Crippen molar-refractivity contribution in [2.45, 2.75) is 83.2 Å². The number of ether oxygens (including phenoxy) is 1. The summed E-state index contributed by atoms with van der Waals surface area (Å²) in [6, 6.07) is 1.58. The fourth-order valence-electron chi connectivity index (χ4n) is 5.18. The zero-order valence-electron chi connectivity index (χ0n) is 22.1. The van der Waals surface area contributed by atoms with Crippen molar-refractivity contribution >= 4 is 40.9 Å². The number of aromatic nitrogens is 3. The normalized spacial score (nSPS) is 17.0. The Bertz CT molecular complexity index is 1270. The standard InChI is InChI=1S/C25H36N4O4SSi/c1-15(2)21-14-33-25(30)29(21)22-12-19(10-11-35(16(3)4,17(5)6)18(7)8)20-13-26-24(34(9,31)32)28-23(20)27-22/h12-13,15-18,21H,14H2,1-9H3/t21-/m1/s1. The van der Waals surface area contributed by atoms with Gasteiger partial charge in [0, 0.05) is 18.0 Å². The summed E-state index contributed by atoms with van der Waals surface area (Å²) < 4.78 is 29.6. The van der Waals surface area contributed by atoms with Crippen LogP contribution < -0.4 is 4.90 Å². The van der Waals surface area contributed by atoms with Crippen LogP contribution in [0.5, 0.6) is 0 Å². The number of hydrogen-bond donors (Lipinski definition) is 0. The van der Waals surface area contributed by atoms with Gasteiger partial charge in [0.1, 0.15) is 20.5 Å². The molecule has 0 aliphatic carbocycles. The molecule has 0 N–H and O–H groups in total. The van der Waals surface area contributed by atoms with E-state index < -0.39 is 24.0 Å². The van der Waals surface area contributed by atoms with Crippen molar-refractivity contribution in [3.8, 4) is 11.5 Å². The third-order valence-corrected chi connectivity index (χ3v) is 14.2. The van der Waals surface area contributed by atoms with Gasteiger partial charge in [0.05, 0.1) is 11.4 Å². The van der Waals surface area contributed by atoms with E-state index in [1.54, 1.807) is 6.07 Å². The lowest BCUT2D eigenvalue weighted by Gasteiger charge is -2.38. The van der Waals surface area contributed by atoms with Crippen molar-refractivity contribution in [1.82, 2.24) is 15.0 Å². The fourth-order valence-corrected chi connectivity index (χ4v) is 10.9. The van der Waals surface area contributed by atoms with Crippen LogP contribution in [0, 0.1) is 17.4 Å². The van der Waals surface area contributed by atoms with Crippen LogP contribution in [0.3, 0.4) is 0 Å². The molecule has 0 bridgehead atoms. The van der Waals surface area contributed by atoms with Crippen LogP contribution in [0.2, 0.25) is 16.6 Å². The van der Waals surface area contributed by atoms with Crippen molar-refractivity contribution in [2.24, 2.45) is 5.92 Å². The Hall–Kier alpha value is -2.51. The third-order valence-electron chi connectivity index (χ3n) is 7.06. The van der Waals surface area contributed by atoms with E-state index in [9.17, 15) is 13.2 Å². The van der Waals surface area contributed by atoms with Gasteiger partial charge in [-0.05, 0) is 28.6 Å². The second-order valence-electron chi connectivity index (χ2n) is 10.6. The molecular weight excluding hydrogens is 480 g/mol. The summed E-state index contributed by atoms with van der Waals surface area (Å²) in [7, 11) is -5.70. The molecule has 0 aromatic carbocycles. The highest BCUT2D eigenvalue weighted by atomic mass is 32.2. The van der Waals surface area contributed by atoms with Gasteiger partial charge in [-0.3, -0.25) is 4.90 Å². The average molecular weight is 517 g/mol. The molecular formula is C25H36N4O4SSi. The molecule has 1 amide bonds. The molecule has 1 fully saturated rings. The fraction of sp³-hybridized carbons (Fsp3) is 0.600. The van der Waals surface area contributed by atoms with Gasteiger partial charge >= 0.3 is 6.09 Å². The summed E-state index contributed by atoms with van der Waals surface area (Å²) in [5.74, 6) is 3.90. The highest BCUT2D eigenvalue weighted by molar-refractivity contribution is 7.90. The van der Waals surface area contributed by atoms with E-state index in [4.69, 9.17) is 4.74 Å². The Balaban J connectivity index is 2.32. The first-order valence-electron chi connectivity index (χ1n) is 12.1. The van der Waals surface area contributed by atoms with Crippen molar-refractivity contribution < 1.29 is 17.9 Å². The second kappa shape index (κ2) is 9.86. The van der Waals surface area contributed by atoms with Crippen molar-refractivity contribution in [3.63, 3.8) is 0 Å². The summed E-state index contributed by atoms with van der Waals surface area (Å²) in [5.41, 5.74) is 5.84. The first-order valence-corrected chi connectivity index (χ1v) is 16.2. The minimum Gasteiger partial charge on any atom is -0.447 e. The van der Waals surface area contributed by atoms with Gasteiger partial charge in [-0.25, -0.2) is 23.2 Å². The van der Waals surface area contributed by atoms with Crippen molar-refractivity contribution in [2.75, 3.05) is 17.8 Å². The maximum Gasteiger partial charge on any atom is 0.415 e. The number of sulfone groups is 1. The lowest BCUT2D eigenvalue weighted by molar-refractivity contribution is 0.177. The number of fused-ring (bicyclic) bond motifs is 1. The quantitative estimate of drug-likeness (QED) is 0.303. The third kappa shape index (κ3) is 5.07. The molecule has 1 saturated heterocycles. The van der Waals surface area contributed by atoms with Crippen LogP contribution in [0.15, 0.2) is 17.4 Å².